The van der Waals surface area contributed by atoms with Crippen molar-refractivity contribution in [1.29, 1.82) is 0 Å². The van der Waals surface area contributed by atoms with E-state index in [9.17, 15) is 14.4 Å². The Morgan fingerprint density at radius 1 is 1.08 bits per heavy atom. The first kappa shape index (κ1) is 17.5. The van der Waals surface area contributed by atoms with E-state index in [0.717, 1.165) is 31.5 Å². The van der Waals surface area contributed by atoms with Crippen LogP contribution in [-0.4, -0.2) is 25.5 Å². The molecule has 1 saturated heterocycles. The lowest BCUT2D eigenvalue weighted by Crippen LogP contribution is -2.42. The van der Waals surface area contributed by atoms with E-state index in [1.807, 2.05) is 17.0 Å². The Labute approximate surface area is 150 Å². The molecule has 132 valence electrons. The molecular formula is C18H20ClN3O3. The first-order valence-electron chi connectivity index (χ1n) is 8.39. The van der Waals surface area contributed by atoms with Crippen molar-refractivity contribution in [2.24, 2.45) is 0 Å². The maximum Gasteiger partial charge on any atom is 0.253 e. The molecule has 7 heteroatoms. The number of rotatable bonds is 7. The van der Waals surface area contributed by atoms with E-state index in [4.69, 9.17) is 11.6 Å². The van der Waals surface area contributed by atoms with Crippen molar-refractivity contribution >= 4 is 28.9 Å². The maximum atomic E-state index is 11.9. The number of nitrogens with one attached hydrogen (secondary N) is 2. The third kappa shape index (κ3) is 4.02. The molecular weight excluding hydrogens is 342 g/mol. The Kier molecular flexibility index (Phi) is 5.38. The molecule has 0 unspecified atom stereocenters. The number of anilines is 2. The molecule has 2 aromatic carbocycles. The fraction of sp³-hybridized carbons (Fsp3) is 0.389. The minimum atomic E-state index is -0.483. The zero-order valence-electron chi connectivity index (χ0n) is 13.8. The predicted octanol–water partition coefficient (Wildman–Crippen LogP) is 1.65. The van der Waals surface area contributed by atoms with Crippen LogP contribution in [0.1, 0.15) is 24.8 Å². The third-order valence-electron chi connectivity index (χ3n) is 4.36. The van der Waals surface area contributed by atoms with Gasteiger partial charge < -0.3 is 15.5 Å². The van der Waals surface area contributed by atoms with Crippen LogP contribution in [-0.2, 0) is 11.3 Å². The lowest BCUT2D eigenvalue weighted by atomic mass is 10.1. The van der Waals surface area contributed by atoms with Crippen molar-refractivity contribution in [3.63, 3.8) is 0 Å². The minimum Gasteiger partial charge on any atom is -0.379 e. The molecule has 1 amide bonds. The van der Waals surface area contributed by atoms with Crippen molar-refractivity contribution in [2.45, 2.75) is 25.8 Å². The van der Waals surface area contributed by atoms with Crippen molar-refractivity contribution in [2.75, 3.05) is 29.9 Å². The van der Waals surface area contributed by atoms with E-state index < -0.39 is 10.9 Å². The van der Waals surface area contributed by atoms with Crippen molar-refractivity contribution < 1.29 is 4.79 Å². The zero-order chi connectivity index (χ0) is 17.8. The number of amides is 1. The highest BCUT2D eigenvalue weighted by Crippen LogP contribution is 2.24. The summed E-state index contributed by atoms with van der Waals surface area (Å²) < 4.78 is 0. The van der Waals surface area contributed by atoms with Gasteiger partial charge in [-0.2, -0.15) is 0 Å². The molecule has 1 aliphatic heterocycles. The lowest BCUT2D eigenvalue weighted by Gasteiger charge is -2.22. The van der Waals surface area contributed by atoms with E-state index >= 15 is 0 Å². The number of nitrogens with zero attached hydrogens (tertiary/aromatic N) is 1. The van der Waals surface area contributed by atoms with Gasteiger partial charge in [-0.1, -0.05) is 23.7 Å². The molecule has 1 aliphatic rings. The van der Waals surface area contributed by atoms with Crippen LogP contribution in [0.5, 0.6) is 0 Å². The molecule has 25 heavy (non-hydrogen) atoms. The van der Waals surface area contributed by atoms with Gasteiger partial charge in [0.15, 0.2) is 0 Å². The number of carbonyl (C=O) groups excluding carboxylic acids is 1. The number of benzene rings is 1. The second-order valence-corrected chi connectivity index (χ2v) is 6.59. The zero-order valence-corrected chi connectivity index (χ0v) is 14.6. The molecule has 0 saturated carbocycles. The summed E-state index contributed by atoms with van der Waals surface area (Å²) in [5.74, 6) is -0.121. The smallest absolute Gasteiger partial charge is 0.253 e. The topological polar surface area (TPSA) is 78.5 Å². The Hall–Kier alpha value is -2.34. The molecule has 0 aromatic heterocycles. The second-order valence-electron chi connectivity index (χ2n) is 6.16. The van der Waals surface area contributed by atoms with Gasteiger partial charge in [-0.05, 0) is 30.5 Å². The van der Waals surface area contributed by atoms with Crippen LogP contribution in [0, 0.1) is 0 Å². The van der Waals surface area contributed by atoms with Gasteiger partial charge in [-0.15, -0.1) is 0 Å². The summed E-state index contributed by atoms with van der Waals surface area (Å²) in [5.41, 5.74) is 0.908. The van der Waals surface area contributed by atoms with Gasteiger partial charge >= 0.3 is 0 Å². The van der Waals surface area contributed by atoms with Gasteiger partial charge in [-0.25, -0.2) is 0 Å². The number of halogens is 1. The van der Waals surface area contributed by atoms with Crippen LogP contribution in [0.4, 0.5) is 11.4 Å². The molecule has 2 N–H and O–H groups in total. The highest BCUT2D eigenvalue weighted by Gasteiger charge is 2.27. The number of carbonyl (C=O) groups is 1. The van der Waals surface area contributed by atoms with E-state index in [1.165, 1.54) is 0 Å². The van der Waals surface area contributed by atoms with E-state index in [-0.39, 0.29) is 12.3 Å². The van der Waals surface area contributed by atoms with Crippen LogP contribution < -0.4 is 26.4 Å². The Balaban J connectivity index is 1.46. The van der Waals surface area contributed by atoms with Crippen molar-refractivity contribution in [3.05, 3.63) is 55.3 Å². The first-order chi connectivity index (χ1) is 12.1. The van der Waals surface area contributed by atoms with Gasteiger partial charge in [-0.3, -0.25) is 14.4 Å². The largest absolute Gasteiger partial charge is 0.379 e. The van der Waals surface area contributed by atoms with Gasteiger partial charge in [0.05, 0.1) is 0 Å². The van der Waals surface area contributed by atoms with E-state index in [2.05, 4.69) is 10.6 Å². The van der Waals surface area contributed by atoms with Gasteiger partial charge in [0.2, 0.25) is 5.91 Å². The average molecular weight is 362 g/mol. The highest BCUT2D eigenvalue weighted by atomic mass is 35.5. The molecule has 3 rings (SSSR count). The Morgan fingerprint density at radius 2 is 1.76 bits per heavy atom. The summed E-state index contributed by atoms with van der Waals surface area (Å²) in [6.07, 6.45) is 2.29. The fourth-order valence-electron chi connectivity index (χ4n) is 2.98. The molecule has 6 nitrogen and oxygen atoms in total. The SMILES string of the molecule is O=C(CCNc1c(N2CCCC2)c(=O)c1=O)NCc1ccc(Cl)cc1. The molecule has 0 aliphatic carbocycles. The second kappa shape index (κ2) is 7.70. The summed E-state index contributed by atoms with van der Waals surface area (Å²) in [5, 5.41) is 6.42. The molecule has 2 aromatic rings. The van der Waals surface area contributed by atoms with Gasteiger partial charge in [0, 0.05) is 37.6 Å². The fourth-order valence-corrected chi connectivity index (χ4v) is 3.10. The van der Waals surface area contributed by atoms with Crippen LogP contribution >= 0.6 is 11.6 Å². The van der Waals surface area contributed by atoms with E-state index in [0.29, 0.717) is 29.5 Å². The normalized spacial score (nSPS) is 14.0. The highest BCUT2D eigenvalue weighted by molar-refractivity contribution is 6.30. The molecule has 1 heterocycles. The summed E-state index contributed by atoms with van der Waals surface area (Å²) >= 11 is 5.82. The Morgan fingerprint density at radius 3 is 2.44 bits per heavy atom. The summed E-state index contributed by atoms with van der Waals surface area (Å²) in [7, 11) is 0. The van der Waals surface area contributed by atoms with Crippen LogP contribution in [0.15, 0.2) is 33.9 Å². The minimum absolute atomic E-state index is 0.121. The molecule has 1 fully saturated rings. The molecule has 0 bridgehead atoms. The molecule has 0 atom stereocenters. The van der Waals surface area contributed by atoms with Crippen LogP contribution in [0.3, 0.4) is 0 Å². The molecule has 0 spiro atoms. The van der Waals surface area contributed by atoms with Gasteiger partial charge in [0.25, 0.3) is 10.9 Å². The van der Waals surface area contributed by atoms with Crippen molar-refractivity contribution in [1.82, 2.24) is 5.32 Å². The summed E-state index contributed by atoms with van der Waals surface area (Å²) in [6, 6.07) is 7.26. The monoisotopic (exact) mass is 361 g/mol. The Bertz CT molecular complexity index is 819. The first-order valence-corrected chi connectivity index (χ1v) is 8.77. The van der Waals surface area contributed by atoms with E-state index in [1.54, 1.807) is 12.1 Å². The summed E-state index contributed by atoms with van der Waals surface area (Å²) in [6.45, 7) is 2.36. The third-order valence-corrected chi connectivity index (χ3v) is 4.62. The lowest BCUT2D eigenvalue weighted by molar-refractivity contribution is -0.121. The van der Waals surface area contributed by atoms with Crippen LogP contribution in [0.25, 0.3) is 0 Å². The van der Waals surface area contributed by atoms with Gasteiger partial charge in [0.1, 0.15) is 11.4 Å². The maximum absolute atomic E-state index is 11.9. The van der Waals surface area contributed by atoms with Crippen LogP contribution in [0.2, 0.25) is 5.02 Å². The molecule has 0 radical (unpaired) electrons. The predicted molar refractivity (Wildman–Crippen MR) is 99.2 cm³/mol. The van der Waals surface area contributed by atoms with Crippen molar-refractivity contribution in [3.8, 4) is 0 Å². The average Bonchev–Trinajstić information content (AvgIpc) is 3.13. The number of hydrogen-bond acceptors (Lipinski definition) is 5. The number of hydrogen-bond donors (Lipinski definition) is 2. The quantitative estimate of drug-likeness (QED) is 0.733. The summed E-state index contributed by atoms with van der Waals surface area (Å²) in [4.78, 5) is 37.3. The standard InChI is InChI=1S/C18H20ClN3O3/c19-13-5-3-12(4-6-13)11-21-14(23)7-8-20-15-16(18(25)17(15)24)22-9-1-2-10-22/h3-6,20H,1-2,7-11H2,(H,21,23).